The summed E-state index contributed by atoms with van der Waals surface area (Å²) < 4.78 is 0. The number of hydrogen-bond acceptors (Lipinski definition) is 2. The van der Waals surface area contributed by atoms with Crippen molar-refractivity contribution < 1.29 is 0 Å². The van der Waals surface area contributed by atoms with Gasteiger partial charge in [0.2, 0.25) is 0 Å². The molecule has 0 amide bonds. The minimum Gasteiger partial charge on any atom is -0.306 e. The van der Waals surface area contributed by atoms with Crippen LogP contribution < -0.4 is 5.32 Å². The first-order chi connectivity index (χ1) is 9.11. The predicted molar refractivity (Wildman–Crippen MR) is 87.0 cm³/mol. The van der Waals surface area contributed by atoms with Crippen LogP contribution in [0.25, 0.3) is 0 Å². The van der Waals surface area contributed by atoms with Gasteiger partial charge in [-0.15, -0.1) is 0 Å². The van der Waals surface area contributed by atoms with Crippen LogP contribution in [0.4, 0.5) is 0 Å². The zero-order valence-electron chi connectivity index (χ0n) is 12.7. The van der Waals surface area contributed by atoms with E-state index in [9.17, 15) is 0 Å². The molecular formula is C17H27NS. The second-order valence-corrected chi connectivity index (χ2v) is 7.30. The summed E-state index contributed by atoms with van der Waals surface area (Å²) in [5.41, 5.74) is 4.23. The number of hydrogen-bond donors (Lipinski definition) is 1. The quantitative estimate of drug-likeness (QED) is 0.842. The lowest BCUT2D eigenvalue weighted by Crippen LogP contribution is -2.36. The summed E-state index contributed by atoms with van der Waals surface area (Å²) in [6.07, 6.45) is 4.11. The summed E-state index contributed by atoms with van der Waals surface area (Å²) in [5, 5.41) is 4.69. The Bertz CT molecular complexity index is 416. The molecule has 1 N–H and O–H groups in total. The van der Waals surface area contributed by atoms with E-state index in [-0.39, 0.29) is 0 Å². The summed E-state index contributed by atoms with van der Waals surface area (Å²) in [6.45, 7) is 8.99. The molecule has 1 saturated carbocycles. The van der Waals surface area contributed by atoms with Crippen molar-refractivity contribution in [3.63, 3.8) is 0 Å². The molecule has 19 heavy (non-hydrogen) atoms. The molecule has 0 spiro atoms. The molecule has 3 unspecified atom stereocenters. The molecule has 0 aliphatic heterocycles. The van der Waals surface area contributed by atoms with Crippen molar-refractivity contribution in [3.05, 3.63) is 34.9 Å². The van der Waals surface area contributed by atoms with Gasteiger partial charge in [0.05, 0.1) is 0 Å². The van der Waals surface area contributed by atoms with Crippen molar-refractivity contribution >= 4 is 11.8 Å². The lowest BCUT2D eigenvalue weighted by Gasteiger charge is -2.26. The Morgan fingerprint density at radius 3 is 2.84 bits per heavy atom. The first-order valence-corrected chi connectivity index (χ1v) is 8.61. The normalized spacial score (nSPS) is 24.6. The van der Waals surface area contributed by atoms with Crippen molar-refractivity contribution in [2.24, 2.45) is 0 Å². The third kappa shape index (κ3) is 3.76. The molecule has 2 rings (SSSR count). The molecule has 1 aliphatic rings. The minimum atomic E-state index is 0.461. The Kier molecular flexibility index (Phi) is 5.35. The first-order valence-electron chi connectivity index (χ1n) is 7.56. The van der Waals surface area contributed by atoms with Crippen LogP contribution in [0.1, 0.15) is 55.8 Å². The lowest BCUT2D eigenvalue weighted by atomic mass is 9.99. The van der Waals surface area contributed by atoms with E-state index in [1.165, 1.54) is 41.7 Å². The van der Waals surface area contributed by atoms with Gasteiger partial charge in [0.15, 0.2) is 0 Å². The Labute approximate surface area is 122 Å². The molecule has 2 heteroatoms. The summed E-state index contributed by atoms with van der Waals surface area (Å²) in [5.74, 6) is 1.24. The Morgan fingerprint density at radius 2 is 2.11 bits per heavy atom. The summed E-state index contributed by atoms with van der Waals surface area (Å²) in [7, 11) is 0. The Balaban J connectivity index is 2.03. The minimum absolute atomic E-state index is 0.461. The number of aryl methyl sites for hydroxylation is 2. The third-order valence-corrected chi connectivity index (χ3v) is 5.52. The SMILES string of the molecule is CCSC1CCCC1NC(C)c1cc(C)ccc1C. The van der Waals surface area contributed by atoms with Crippen LogP contribution in [0.5, 0.6) is 0 Å². The number of benzene rings is 1. The first kappa shape index (κ1) is 14.9. The van der Waals surface area contributed by atoms with Crippen molar-refractivity contribution in [2.45, 2.75) is 64.3 Å². The molecule has 0 saturated heterocycles. The maximum atomic E-state index is 3.88. The average molecular weight is 277 g/mol. The van der Waals surface area contributed by atoms with Gasteiger partial charge in [0.25, 0.3) is 0 Å². The van der Waals surface area contributed by atoms with Gasteiger partial charge in [-0.2, -0.15) is 11.8 Å². The van der Waals surface area contributed by atoms with E-state index in [2.05, 4.69) is 63.0 Å². The average Bonchev–Trinajstić information content (AvgIpc) is 2.80. The molecule has 1 aromatic carbocycles. The second kappa shape index (κ2) is 6.81. The molecule has 0 aromatic heterocycles. The highest BCUT2D eigenvalue weighted by molar-refractivity contribution is 7.99. The second-order valence-electron chi connectivity index (χ2n) is 5.78. The van der Waals surface area contributed by atoms with E-state index in [1.807, 2.05) is 0 Å². The van der Waals surface area contributed by atoms with Gasteiger partial charge >= 0.3 is 0 Å². The monoisotopic (exact) mass is 277 g/mol. The number of rotatable bonds is 5. The van der Waals surface area contributed by atoms with Gasteiger partial charge in [-0.05, 0) is 50.5 Å². The van der Waals surface area contributed by atoms with Crippen LogP contribution in [0, 0.1) is 13.8 Å². The van der Waals surface area contributed by atoms with Crippen LogP contribution in [0.15, 0.2) is 18.2 Å². The van der Waals surface area contributed by atoms with Crippen LogP contribution in [-0.4, -0.2) is 17.0 Å². The van der Waals surface area contributed by atoms with Crippen molar-refractivity contribution in [2.75, 3.05) is 5.75 Å². The van der Waals surface area contributed by atoms with Gasteiger partial charge < -0.3 is 5.32 Å². The fourth-order valence-electron chi connectivity index (χ4n) is 3.17. The molecule has 1 nitrogen and oxygen atoms in total. The van der Waals surface area contributed by atoms with E-state index in [4.69, 9.17) is 0 Å². The van der Waals surface area contributed by atoms with E-state index in [0.717, 1.165) is 5.25 Å². The standard InChI is InChI=1S/C17H27NS/c1-5-19-17-8-6-7-16(17)18-14(4)15-11-12(2)9-10-13(15)3/h9-11,14,16-18H,5-8H2,1-4H3. The summed E-state index contributed by atoms with van der Waals surface area (Å²) >= 11 is 2.13. The van der Waals surface area contributed by atoms with Gasteiger partial charge in [-0.25, -0.2) is 0 Å². The highest BCUT2D eigenvalue weighted by atomic mass is 32.2. The smallest absolute Gasteiger partial charge is 0.0297 e. The molecule has 1 fully saturated rings. The van der Waals surface area contributed by atoms with E-state index < -0.39 is 0 Å². The Morgan fingerprint density at radius 1 is 1.32 bits per heavy atom. The fourth-order valence-corrected chi connectivity index (χ4v) is 4.38. The molecule has 106 valence electrons. The van der Waals surface area contributed by atoms with Crippen molar-refractivity contribution in [1.29, 1.82) is 0 Å². The van der Waals surface area contributed by atoms with Crippen molar-refractivity contribution in [3.8, 4) is 0 Å². The van der Waals surface area contributed by atoms with Crippen LogP contribution in [-0.2, 0) is 0 Å². The van der Waals surface area contributed by atoms with Gasteiger partial charge in [0.1, 0.15) is 0 Å². The Hall–Kier alpha value is -0.470. The third-order valence-electron chi connectivity index (χ3n) is 4.20. The van der Waals surface area contributed by atoms with Gasteiger partial charge in [-0.1, -0.05) is 37.1 Å². The highest BCUT2D eigenvalue weighted by Crippen LogP contribution is 2.32. The van der Waals surface area contributed by atoms with Crippen LogP contribution >= 0.6 is 11.8 Å². The lowest BCUT2D eigenvalue weighted by molar-refractivity contribution is 0.466. The van der Waals surface area contributed by atoms with E-state index in [0.29, 0.717) is 12.1 Å². The van der Waals surface area contributed by atoms with E-state index >= 15 is 0 Å². The predicted octanol–water partition coefficient (Wildman–Crippen LogP) is 4.63. The molecule has 0 heterocycles. The molecular weight excluding hydrogens is 250 g/mol. The van der Waals surface area contributed by atoms with E-state index in [1.54, 1.807) is 0 Å². The van der Waals surface area contributed by atoms with Gasteiger partial charge in [-0.3, -0.25) is 0 Å². The van der Waals surface area contributed by atoms with Crippen LogP contribution in [0.2, 0.25) is 0 Å². The molecule has 0 radical (unpaired) electrons. The number of thioether (sulfide) groups is 1. The highest BCUT2D eigenvalue weighted by Gasteiger charge is 2.28. The largest absolute Gasteiger partial charge is 0.306 e. The molecule has 0 bridgehead atoms. The van der Waals surface area contributed by atoms with Crippen LogP contribution in [0.3, 0.4) is 0 Å². The zero-order chi connectivity index (χ0) is 13.8. The molecule has 1 aromatic rings. The fraction of sp³-hybridized carbons (Fsp3) is 0.647. The number of nitrogens with one attached hydrogen (secondary N) is 1. The summed E-state index contributed by atoms with van der Waals surface area (Å²) in [4.78, 5) is 0. The molecule has 1 aliphatic carbocycles. The van der Waals surface area contributed by atoms with Gasteiger partial charge in [0, 0.05) is 17.3 Å². The zero-order valence-corrected chi connectivity index (χ0v) is 13.5. The maximum Gasteiger partial charge on any atom is 0.0297 e. The maximum absolute atomic E-state index is 3.88. The molecule has 3 atom stereocenters. The topological polar surface area (TPSA) is 12.0 Å². The summed E-state index contributed by atoms with van der Waals surface area (Å²) in [6, 6.07) is 7.94. The van der Waals surface area contributed by atoms with Crippen molar-refractivity contribution in [1.82, 2.24) is 5.32 Å².